The third-order valence-electron chi connectivity index (χ3n) is 4.78. The Morgan fingerprint density at radius 2 is 2.05 bits per heavy atom. The van der Waals surface area contributed by atoms with E-state index in [1.807, 2.05) is 0 Å². The molecule has 1 aromatic rings. The second kappa shape index (κ2) is 5.24. The third-order valence-corrected chi connectivity index (χ3v) is 5.85. The molecule has 0 aliphatic heterocycles. The van der Waals surface area contributed by atoms with Crippen LogP contribution in [0.15, 0.2) is 11.6 Å². The first-order chi connectivity index (χ1) is 9.89. The van der Waals surface area contributed by atoms with Crippen molar-refractivity contribution in [1.29, 1.82) is 0 Å². The van der Waals surface area contributed by atoms with Gasteiger partial charge in [0.25, 0.3) is 0 Å². The van der Waals surface area contributed by atoms with Crippen LogP contribution in [0.1, 0.15) is 51.1 Å². The summed E-state index contributed by atoms with van der Waals surface area (Å²) in [6.07, 6.45) is 6.90. The molecule has 0 spiro atoms. The number of carbonyl (C=O) groups excluding carboxylic acids is 1. The molecule has 2 aliphatic rings. The Morgan fingerprint density at radius 1 is 1.33 bits per heavy atom. The van der Waals surface area contributed by atoms with Crippen LogP contribution in [0, 0.1) is 17.3 Å². The zero-order valence-electron chi connectivity index (χ0n) is 13.3. The average molecular weight is 304 g/mol. The second-order valence-corrected chi connectivity index (χ2v) is 8.24. The first-order valence-electron chi connectivity index (χ1n) is 7.84. The molecular formula is C17H24N2OS. The number of fused-ring (bicyclic) bond motifs is 1. The number of carbonyl (C=O) groups is 1. The summed E-state index contributed by atoms with van der Waals surface area (Å²) in [5.74, 6) is 0.569. The van der Waals surface area contributed by atoms with Crippen LogP contribution in [-0.2, 0) is 17.6 Å². The minimum absolute atomic E-state index is 0.0677. The molecule has 0 saturated heterocycles. The van der Waals surface area contributed by atoms with Gasteiger partial charge in [-0.3, -0.25) is 4.79 Å². The lowest BCUT2D eigenvalue weighted by Crippen LogP contribution is -2.16. The summed E-state index contributed by atoms with van der Waals surface area (Å²) >= 11 is 1.67. The Hall–Kier alpha value is -1.16. The number of anilines is 1. The molecule has 1 heterocycles. The topological polar surface area (TPSA) is 42.0 Å². The van der Waals surface area contributed by atoms with E-state index in [0.29, 0.717) is 5.92 Å². The fraction of sp³-hybridized carbons (Fsp3) is 0.647. The van der Waals surface area contributed by atoms with Crippen molar-refractivity contribution in [3.8, 4) is 0 Å². The van der Waals surface area contributed by atoms with Crippen molar-refractivity contribution in [2.24, 2.45) is 17.3 Å². The van der Waals surface area contributed by atoms with E-state index >= 15 is 0 Å². The Bertz CT molecular complexity index is 572. The van der Waals surface area contributed by atoms with Crippen LogP contribution in [-0.4, -0.2) is 10.9 Å². The van der Waals surface area contributed by atoms with Gasteiger partial charge in [0.1, 0.15) is 0 Å². The number of aryl methyl sites for hydroxylation is 2. The van der Waals surface area contributed by atoms with Crippen molar-refractivity contribution in [3.63, 3.8) is 0 Å². The molecule has 21 heavy (non-hydrogen) atoms. The maximum Gasteiger partial charge on any atom is 0.230 e. The normalized spacial score (nSPS) is 25.9. The highest BCUT2D eigenvalue weighted by atomic mass is 32.1. The molecule has 1 aromatic heterocycles. The van der Waals surface area contributed by atoms with Crippen molar-refractivity contribution in [1.82, 2.24) is 4.98 Å². The first kappa shape index (κ1) is 14.8. The fourth-order valence-electron chi connectivity index (χ4n) is 3.44. The number of hydrogen-bond donors (Lipinski definition) is 1. The molecule has 4 heteroatoms. The number of allylic oxidation sites excluding steroid dienone is 2. The molecule has 114 valence electrons. The Morgan fingerprint density at radius 3 is 2.71 bits per heavy atom. The van der Waals surface area contributed by atoms with E-state index in [1.165, 1.54) is 29.0 Å². The van der Waals surface area contributed by atoms with Gasteiger partial charge in [0.15, 0.2) is 5.13 Å². The number of nitrogens with zero attached hydrogens (tertiary/aromatic N) is 1. The van der Waals surface area contributed by atoms with Gasteiger partial charge in [-0.05, 0) is 50.9 Å². The highest BCUT2D eigenvalue weighted by Crippen LogP contribution is 2.59. The molecule has 2 atom stereocenters. The molecule has 1 fully saturated rings. The number of amides is 1. The van der Waals surface area contributed by atoms with Crippen LogP contribution >= 0.6 is 11.3 Å². The maximum absolute atomic E-state index is 12.5. The second-order valence-electron chi connectivity index (χ2n) is 7.15. The maximum atomic E-state index is 12.5. The standard InChI is InChI=1S/C17H24N2OS/c1-10(2)9-11-14(17(11,3)4)15(20)19-16-18-12-7-5-6-8-13(12)21-16/h9,11,14H,5-8H2,1-4H3,(H,18,19,20)/t11-,14+/m0/s1. The summed E-state index contributed by atoms with van der Waals surface area (Å²) in [7, 11) is 0. The predicted octanol–water partition coefficient (Wildman–Crippen LogP) is 4.20. The predicted molar refractivity (Wildman–Crippen MR) is 87.6 cm³/mol. The summed E-state index contributed by atoms with van der Waals surface area (Å²) in [5.41, 5.74) is 2.56. The van der Waals surface area contributed by atoms with E-state index in [9.17, 15) is 4.79 Å². The zero-order chi connectivity index (χ0) is 15.2. The minimum atomic E-state index is 0.0677. The molecule has 0 unspecified atom stereocenters. The van der Waals surface area contributed by atoms with Crippen LogP contribution in [0.5, 0.6) is 0 Å². The zero-order valence-corrected chi connectivity index (χ0v) is 14.1. The van der Waals surface area contributed by atoms with Gasteiger partial charge in [-0.2, -0.15) is 0 Å². The summed E-state index contributed by atoms with van der Waals surface area (Å²) < 4.78 is 0. The van der Waals surface area contributed by atoms with E-state index in [4.69, 9.17) is 0 Å². The lowest BCUT2D eigenvalue weighted by molar-refractivity contribution is -0.118. The Labute approximate surface area is 130 Å². The van der Waals surface area contributed by atoms with E-state index < -0.39 is 0 Å². The molecule has 3 nitrogen and oxygen atoms in total. The average Bonchev–Trinajstić information content (AvgIpc) is 2.77. The van der Waals surface area contributed by atoms with Crippen molar-refractivity contribution < 1.29 is 4.79 Å². The van der Waals surface area contributed by atoms with E-state index in [1.54, 1.807) is 11.3 Å². The van der Waals surface area contributed by atoms with Gasteiger partial charge in [-0.15, -0.1) is 11.3 Å². The highest BCUT2D eigenvalue weighted by Gasteiger charge is 2.60. The minimum Gasteiger partial charge on any atom is -0.302 e. The summed E-state index contributed by atoms with van der Waals surface area (Å²) in [4.78, 5) is 18.5. The van der Waals surface area contributed by atoms with Crippen LogP contribution in [0.25, 0.3) is 0 Å². The number of rotatable bonds is 3. The van der Waals surface area contributed by atoms with E-state index in [0.717, 1.165) is 18.0 Å². The molecular weight excluding hydrogens is 280 g/mol. The lowest BCUT2D eigenvalue weighted by Gasteiger charge is -2.06. The van der Waals surface area contributed by atoms with Gasteiger partial charge in [0.05, 0.1) is 11.6 Å². The van der Waals surface area contributed by atoms with Gasteiger partial charge in [0, 0.05) is 4.88 Å². The summed E-state index contributed by atoms with van der Waals surface area (Å²) in [6, 6.07) is 0. The van der Waals surface area contributed by atoms with Crippen molar-refractivity contribution in [3.05, 3.63) is 22.2 Å². The van der Waals surface area contributed by atoms with Crippen LogP contribution in [0.2, 0.25) is 0 Å². The summed E-state index contributed by atoms with van der Waals surface area (Å²) in [5, 5.41) is 3.86. The van der Waals surface area contributed by atoms with E-state index in [-0.39, 0.29) is 17.2 Å². The molecule has 1 amide bonds. The van der Waals surface area contributed by atoms with Crippen LogP contribution < -0.4 is 5.32 Å². The fourth-order valence-corrected chi connectivity index (χ4v) is 4.49. The molecule has 0 aromatic carbocycles. The van der Waals surface area contributed by atoms with Crippen LogP contribution in [0.3, 0.4) is 0 Å². The molecule has 3 rings (SSSR count). The number of thiazole rings is 1. The van der Waals surface area contributed by atoms with Crippen molar-refractivity contribution in [2.75, 3.05) is 5.32 Å². The van der Waals surface area contributed by atoms with Crippen molar-refractivity contribution in [2.45, 2.75) is 53.4 Å². The Balaban J connectivity index is 1.70. The summed E-state index contributed by atoms with van der Waals surface area (Å²) in [6.45, 7) is 8.54. The molecule has 1 saturated carbocycles. The smallest absolute Gasteiger partial charge is 0.230 e. The van der Waals surface area contributed by atoms with Crippen LogP contribution in [0.4, 0.5) is 5.13 Å². The molecule has 0 bridgehead atoms. The monoisotopic (exact) mass is 304 g/mol. The number of nitrogens with one attached hydrogen (secondary N) is 1. The quantitative estimate of drug-likeness (QED) is 0.850. The highest BCUT2D eigenvalue weighted by molar-refractivity contribution is 7.15. The van der Waals surface area contributed by atoms with Gasteiger partial charge in [-0.25, -0.2) is 4.98 Å². The van der Waals surface area contributed by atoms with Gasteiger partial charge in [0.2, 0.25) is 5.91 Å². The molecule has 0 radical (unpaired) electrons. The lowest BCUT2D eigenvalue weighted by atomic mass is 10.0. The van der Waals surface area contributed by atoms with Gasteiger partial charge < -0.3 is 5.32 Å². The number of hydrogen-bond acceptors (Lipinski definition) is 3. The van der Waals surface area contributed by atoms with E-state index in [2.05, 4.69) is 44.1 Å². The molecule has 1 N–H and O–H groups in total. The largest absolute Gasteiger partial charge is 0.302 e. The van der Waals surface area contributed by atoms with Gasteiger partial charge >= 0.3 is 0 Å². The third kappa shape index (κ3) is 2.78. The Kier molecular flexibility index (Phi) is 3.68. The SMILES string of the molecule is CC(C)=C[C@H]1[C@H](C(=O)Nc2nc3c(s2)CCCC3)C1(C)C. The van der Waals surface area contributed by atoms with Gasteiger partial charge in [-0.1, -0.05) is 25.5 Å². The van der Waals surface area contributed by atoms with Crippen molar-refractivity contribution >= 4 is 22.4 Å². The molecule has 2 aliphatic carbocycles. The first-order valence-corrected chi connectivity index (χ1v) is 8.65. The number of aromatic nitrogens is 1.